The molecule has 3 heteroatoms. The zero-order valence-electron chi connectivity index (χ0n) is 8.38. The molecular formula is C12H13BO2. The van der Waals surface area contributed by atoms with Crippen molar-refractivity contribution < 1.29 is 10.0 Å². The van der Waals surface area contributed by atoms with Crippen LogP contribution in [0.1, 0.15) is 0 Å². The highest BCUT2D eigenvalue weighted by molar-refractivity contribution is 6.13. The van der Waals surface area contributed by atoms with Gasteiger partial charge in [0, 0.05) is 0 Å². The van der Waals surface area contributed by atoms with Crippen LogP contribution in [0.15, 0.2) is 60.7 Å². The highest BCUT2D eigenvalue weighted by Gasteiger charge is 1.91. The van der Waals surface area contributed by atoms with Crippen molar-refractivity contribution in [1.82, 2.24) is 0 Å². The summed E-state index contributed by atoms with van der Waals surface area (Å²) in [6.45, 7) is 0. The fourth-order valence-electron chi connectivity index (χ4n) is 1.26. The second-order valence-corrected chi connectivity index (χ2v) is 2.87. The summed E-state index contributed by atoms with van der Waals surface area (Å²) < 4.78 is 0. The molecule has 0 aliphatic rings. The van der Waals surface area contributed by atoms with Gasteiger partial charge in [0.2, 0.25) is 0 Å². The van der Waals surface area contributed by atoms with E-state index in [-0.39, 0.29) is 0 Å². The van der Waals surface area contributed by atoms with E-state index < -0.39 is 7.69 Å². The molecule has 2 N–H and O–H groups in total. The molecule has 76 valence electrons. The van der Waals surface area contributed by atoms with Crippen molar-refractivity contribution in [1.29, 1.82) is 0 Å². The SMILES string of the molecule is OBO.c1ccc(-c2ccccc2)cc1. The van der Waals surface area contributed by atoms with E-state index in [0.29, 0.717) is 0 Å². The van der Waals surface area contributed by atoms with E-state index in [1.807, 2.05) is 12.1 Å². The average Bonchev–Trinajstić information content (AvgIpc) is 2.32. The third kappa shape index (κ3) is 3.98. The van der Waals surface area contributed by atoms with Crippen molar-refractivity contribution in [3.8, 4) is 11.1 Å². The van der Waals surface area contributed by atoms with Gasteiger partial charge in [-0.05, 0) is 11.1 Å². The monoisotopic (exact) mass is 200 g/mol. The first-order chi connectivity index (χ1) is 7.38. The summed E-state index contributed by atoms with van der Waals surface area (Å²) in [5.41, 5.74) is 2.55. The zero-order chi connectivity index (χ0) is 10.9. The molecule has 2 aromatic carbocycles. The predicted molar refractivity (Wildman–Crippen MR) is 63.5 cm³/mol. The summed E-state index contributed by atoms with van der Waals surface area (Å²) in [6.07, 6.45) is 0. The third-order valence-corrected chi connectivity index (χ3v) is 1.88. The van der Waals surface area contributed by atoms with E-state index in [9.17, 15) is 0 Å². The number of hydrogen-bond donors (Lipinski definition) is 2. The summed E-state index contributed by atoms with van der Waals surface area (Å²) in [5.74, 6) is 0. The van der Waals surface area contributed by atoms with Gasteiger partial charge in [-0.3, -0.25) is 0 Å². The molecular weight excluding hydrogens is 187 g/mol. The Morgan fingerprint density at radius 2 is 0.867 bits per heavy atom. The van der Waals surface area contributed by atoms with Crippen LogP contribution < -0.4 is 0 Å². The Balaban J connectivity index is 0.000000337. The Kier molecular flexibility index (Phi) is 5.23. The van der Waals surface area contributed by atoms with Crippen molar-refractivity contribution in [2.45, 2.75) is 0 Å². The van der Waals surface area contributed by atoms with Crippen LogP contribution in [0.2, 0.25) is 0 Å². The van der Waals surface area contributed by atoms with Gasteiger partial charge in [0.15, 0.2) is 0 Å². The van der Waals surface area contributed by atoms with Crippen molar-refractivity contribution in [3.63, 3.8) is 0 Å². The van der Waals surface area contributed by atoms with Crippen LogP contribution in [0.25, 0.3) is 11.1 Å². The predicted octanol–water partition coefficient (Wildman–Crippen LogP) is 1.59. The summed E-state index contributed by atoms with van der Waals surface area (Å²) in [7, 11) is -0.750. The van der Waals surface area contributed by atoms with Crippen LogP contribution in [0.5, 0.6) is 0 Å². The summed E-state index contributed by atoms with van der Waals surface area (Å²) in [4.78, 5) is 0. The molecule has 0 saturated carbocycles. The maximum Gasteiger partial charge on any atom is 0.432 e. The molecule has 0 radical (unpaired) electrons. The average molecular weight is 200 g/mol. The molecule has 0 bridgehead atoms. The van der Waals surface area contributed by atoms with Gasteiger partial charge in [-0.25, -0.2) is 0 Å². The minimum absolute atomic E-state index is 0.750. The molecule has 0 fully saturated rings. The Bertz CT molecular complexity index is 324. The largest absolute Gasteiger partial charge is 0.432 e. The fraction of sp³-hybridized carbons (Fsp3) is 0. The molecule has 2 nitrogen and oxygen atoms in total. The van der Waals surface area contributed by atoms with E-state index in [4.69, 9.17) is 10.0 Å². The normalized spacial score (nSPS) is 8.67. The molecule has 2 aromatic rings. The van der Waals surface area contributed by atoms with Crippen LogP contribution in [0.3, 0.4) is 0 Å². The minimum atomic E-state index is -0.750. The lowest BCUT2D eigenvalue weighted by Crippen LogP contribution is -1.75. The second kappa shape index (κ2) is 6.82. The van der Waals surface area contributed by atoms with Crippen molar-refractivity contribution >= 4 is 7.69 Å². The van der Waals surface area contributed by atoms with E-state index in [1.165, 1.54) is 11.1 Å². The Morgan fingerprint density at radius 1 is 0.600 bits per heavy atom. The van der Waals surface area contributed by atoms with Crippen molar-refractivity contribution in [2.24, 2.45) is 0 Å². The van der Waals surface area contributed by atoms with Gasteiger partial charge in [-0.2, -0.15) is 0 Å². The summed E-state index contributed by atoms with van der Waals surface area (Å²) in [5, 5.41) is 14.2. The first kappa shape index (κ1) is 11.5. The van der Waals surface area contributed by atoms with E-state index >= 15 is 0 Å². The fourth-order valence-corrected chi connectivity index (χ4v) is 1.26. The minimum Gasteiger partial charge on any atom is -0.430 e. The Hall–Kier alpha value is -1.58. The summed E-state index contributed by atoms with van der Waals surface area (Å²) >= 11 is 0. The molecule has 0 spiro atoms. The smallest absolute Gasteiger partial charge is 0.430 e. The molecule has 0 saturated heterocycles. The first-order valence-corrected chi connectivity index (χ1v) is 4.70. The number of hydrogen-bond acceptors (Lipinski definition) is 2. The third-order valence-electron chi connectivity index (χ3n) is 1.88. The molecule has 0 aromatic heterocycles. The molecule has 0 heterocycles. The second-order valence-electron chi connectivity index (χ2n) is 2.87. The van der Waals surface area contributed by atoms with Gasteiger partial charge >= 0.3 is 7.69 Å². The molecule has 15 heavy (non-hydrogen) atoms. The van der Waals surface area contributed by atoms with Gasteiger partial charge in [-0.15, -0.1) is 0 Å². The topological polar surface area (TPSA) is 40.5 Å². The van der Waals surface area contributed by atoms with Crippen LogP contribution in [-0.4, -0.2) is 17.7 Å². The first-order valence-electron chi connectivity index (χ1n) is 4.70. The molecule has 0 atom stereocenters. The zero-order valence-corrected chi connectivity index (χ0v) is 8.38. The lowest BCUT2D eigenvalue weighted by molar-refractivity contribution is 0.448. The van der Waals surface area contributed by atoms with Crippen LogP contribution >= 0.6 is 0 Å². The van der Waals surface area contributed by atoms with E-state index in [0.717, 1.165) is 0 Å². The maximum atomic E-state index is 7.12. The lowest BCUT2D eigenvalue weighted by atomic mass is 10.1. The standard InChI is InChI=1S/C12H10.BH3O2/c1-3-7-11(8-4-1)12-9-5-2-6-10-12;2-1-3/h1-10H;1-3H. The number of benzene rings is 2. The molecule has 0 aliphatic carbocycles. The Morgan fingerprint density at radius 3 is 1.13 bits per heavy atom. The van der Waals surface area contributed by atoms with E-state index in [1.54, 1.807) is 0 Å². The highest BCUT2D eigenvalue weighted by atomic mass is 16.4. The van der Waals surface area contributed by atoms with Gasteiger partial charge in [0.05, 0.1) is 0 Å². The highest BCUT2D eigenvalue weighted by Crippen LogP contribution is 2.17. The van der Waals surface area contributed by atoms with Crippen LogP contribution in [0, 0.1) is 0 Å². The summed E-state index contributed by atoms with van der Waals surface area (Å²) in [6, 6.07) is 20.8. The molecule has 0 amide bonds. The molecule has 0 aliphatic heterocycles. The van der Waals surface area contributed by atoms with Gasteiger partial charge in [-0.1, -0.05) is 60.7 Å². The maximum absolute atomic E-state index is 7.12. The van der Waals surface area contributed by atoms with Crippen LogP contribution in [0.4, 0.5) is 0 Å². The van der Waals surface area contributed by atoms with E-state index in [2.05, 4.69) is 48.5 Å². The number of rotatable bonds is 1. The Labute approximate surface area is 90.1 Å². The lowest BCUT2D eigenvalue weighted by Gasteiger charge is -1.98. The van der Waals surface area contributed by atoms with Crippen molar-refractivity contribution in [3.05, 3.63) is 60.7 Å². The van der Waals surface area contributed by atoms with Gasteiger partial charge in [0.1, 0.15) is 0 Å². The van der Waals surface area contributed by atoms with Gasteiger partial charge < -0.3 is 10.0 Å². The van der Waals surface area contributed by atoms with Crippen LogP contribution in [-0.2, 0) is 0 Å². The van der Waals surface area contributed by atoms with Crippen molar-refractivity contribution in [2.75, 3.05) is 0 Å². The quantitative estimate of drug-likeness (QED) is 0.686. The molecule has 0 unspecified atom stereocenters. The molecule has 2 rings (SSSR count). The van der Waals surface area contributed by atoms with Gasteiger partial charge in [0.25, 0.3) is 0 Å².